The lowest BCUT2D eigenvalue weighted by molar-refractivity contribution is -0.139. The van der Waals surface area contributed by atoms with Crippen LogP contribution in [0.5, 0.6) is 0 Å². The van der Waals surface area contributed by atoms with Crippen molar-refractivity contribution in [3.8, 4) is 0 Å². The van der Waals surface area contributed by atoms with Crippen LogP contribution in [0.4, 0.5) is 0 Å². The summed E-state index contributed by atoms with van der Waals surface area (Å²) in [5, 5.41) is -1.50. The molecule has 0 unspecified atom stereocenters. The lowest BCUT2D eigenvalue weighted by Crippen LogP contribution is -2.27. The quantitative estimate of drug-likeness (QED) is 0.441. The molecule has 0 rings (SSSR count). The number of carbonyl (C=O) groups excluding carboxylic acids is 1. The van der Waals surface area contributed by atoms with Crippen molar-refractivity contribution in [3.05, 3.63) is 0 Å². The molecular weight excluding hydrogens is 160 g/mol. The van der Waals surface area contributed by atoms with Crippen LogP contribution < -0.4 is 0 Å². The highest BCUT2D eigenvalue weighted by Crippen LogP contribution is 1.98. The molecule has 60 valence electrons. The Kier molecular flexibility index (Phi) is 2.79. The third-order valence-corrected chi connectivity index (χ3v) is 2.07. The number of ether oxygens (including phenoxy) is 1. The summed E-state index contributed by atoms with van der Waals surface area (Å²) in [6, 6.07) is 0. The number of methoxy groups -OCH3 is 1. The zero-order valence-corrected chi connectivity index (χ0v) is 6.38. The largest absolute Gasteiger partial charge is 0.468 e. The van der Waals surface area contributed by atoms with Gasteiger partial charge in [0.15, 0.2) is 5.25 Å². The summed E-state index contributed by atoms with van der Waals surface area (Å²) in [4.78, 5) is 10.4. The van der Waals surface area contributed by atoms with Gasteiger partial charge in [0.2, 0.25) is 0 Å². The van der Waals surface area contributed by atoms with Crippen molar-refractivity contribution in [3.63, 3.8) is 0 Å². The van der Waals surface area contributed by atoms with E-state index in [2.05, 4.69) is 4.74 Å². The van der Waals surface area contributed by atoms with Crippen molar-refractivity contribution >= 4 is 16.1 Å². The highest BCUT2D eigenvalue weighted by Gasteiger charge is 2.26. The van der Waals surface area contributed by atoms with E-state index in [4.69, 9.17) is 4.55 Å². The summed E-state index contributed by atoms with van der Waals surface area (Å²) < 4.78 is 32.7. The lowest BCUT2D eigenvalue weighted by atomic mass is 10.5. The van der Waals surface area contributed by atoms with Gasteiger partial charge in [-0.25, -0.2) is 0 Å². The van der Waals surface area contributed by atoms with Gasteiger partial charge in [-0.1, -0.05) is 0 Å². The van der Waals surface area contributed by atoms with Crippen LogP contribution in [0.3, 0.4) is 0 Å². The van der Waals surface area contributed by atoms with Crippen LogP contribution >= 0.6 is 0 Å². The molecule has 0 aliphatic heterocycles. The first-order valence-corrected chi connectivity index (χ1v) is 3.94. The first kappa shape index (κ1) is 9.38. The van der Waals surface area contributed by atoms with E-state index in [9.17, 15) is 13.2 Å². The van der Waals surface area contributed by atoms with Gasteiger partial charge in [-0.2, -0.15) is 8.42 Å². The maximum Gasteiger partial charge on any atom is 0.326 e. The van der Waals surface area contributed by atoms with Gasteiger partial charge in [-0.15, -0.1) is 0 Å². The molecular formula is C4H8O5S. The maximum absolute atomic E-state index is 10.4. The molecule has 0 bridgehead atoms. The van der Waals surface area contributed by atoms with Gasteiger partial charge < -0.3 is 4.74 Å². The van der Waals surface area contributed by atoms with Crippen molar-refractivity contribution < 1.29 is 22.5 Å². The zero-order chi connectivity index (χ0) is 8.36. The Bertz CT molecular complexity index is 216. The summed E-state index contributed by atoms with van der Waals surface area (Å²) >= 11 is 0. The summed E-state index contributed by atoms with van der Waals surface area (Å²) in [6.45, 7) is 1.04. The molecule has 0 radical (unpaired) electrons. The molecule has 0 saturated heterocycles. The minimum Gasteiger partial charge on any atom is -0.468 e. The first-order valence-electron chi connectivity index (χ1n) is 2.43. The van der Waals surface area contributed by atoms with E-state index in [0.717, 1.165) is 14.0 Å². The number of hydrogen-bond donors (Lipinski definition) is 1. The Morgan fingerprint density at radius 3 is 2.10 bits per heavy atom. The molecule has 1 N–H and O–H groups in total. The van der Waals surface area contributed by atoms with E-state index in [1.807, 2.05) is 0 Å². The predicted octanol–water partition coefficient (Wildman–Crippen LogP) is -0.564. The fourth-order valence-electron chi connectivity index (χ4n) is 0.288. The Hall–Kier alpha value is -0.620. The summed E-state index contributed by atoms with van der Waals surface area (Å²) in [5.41, 5.74) is 0. The van der Waals surface area contributed by atoms with Crippen LogP contribution in [-0.4, -0.2) is 31.3 Å². The predicted molar refractivity (Wildman–Crippen MR) is 33.0 cm³/mol. The van der Waals surface area contributed by atoms with Crippen molar-refractivity contribution in [2.75, 3.05) is 7.11 Å². The number of carbonyl (C=O) groups is 1. The zero-order valence-electron chi connectivity index (χ0n) is 5.57. The molecule has 0 saturated carbocycles. The monoisotopic (exact) mass is 168 g/mol. The molecule has 5 nitrogen and oxygen atoms in total. The van der Waals surface area contributed by atoms with Crippen LogP contribution in [0.15, 0.2) is 0 Å². The van der Waals surface area contributed by atoms with Crippen LogP contribution in [0.25, 0.3) is 0 Å². The van der Waals surface area contributed by atoms with Gasteiger partial charge in [-0.3, -0.25) is 9.35 Å². The van der Waals surface area contributed by atoms with Crippen molar-refractivity contribution in [1.82, 2.24) is 0 Å². The molecule has 0 aliphatic carbocycles. The Balaban J connectivity index is 4.39. The maximum atomic E-state index is 10.4. The van der Waals surface area contributed by atoms with Gasteiger partial charge in [0.1, 0.15) is 0 Å². The highest BCUT2D eigenvalue weighted by molar-refractivity contribution is 7.87. The molecule has 0 aromatic rings. The Morgan fingerprint density at radius 2 is 2.00 bits per heavy atom. The Labute approximate surface area is 58.7 Å². The van der Waals surface area contributed by atoms with Crippen LogP contribution in [0.1, 0.15) is 6.92 Å². The molecule has 0 spiro atoms. The molecule has 0 fully saturated rings. The minimum absolute atomic E-state index is 0.970. The van der Waals surface area contributed by atoms with E-state index in [0.29, 0.717) is 0 Å². The molecule has 10 heavy (non-hydrogen) atoms. The van der Waals surface area contributed by atoms with Crippen molar-refractivity contribution in [2.24, 2.45) is 0 Å². The van der Waals surface area contributed by atoms with E-state index >= 15 is 0 Å². The van der Waals surface area contributed by atoms with Crippen LogP contribution in [-0.2, 0) is 19.6 Å². The van der Waals surface area contributed by atoms with Crippen LogP contribution in [0, 0.1) is 0 Å². The third kappa shape index (κ3) is 2.32. The van der Waals surface area contributed by atoms with Gasteiger partial charge in [-0.05, 0) is 6.92 Å². The second-order valence-electron chi connectivity index (χ2n) is 1.68. The average molecular weight is 168 g/mol. The summed E-state index contributed by atoms with van der Waals surface area (Å²) in [6.07, 6.45) is 0. The van der Waals surface area contributed by atoms with Gasteiger partial charge >= 0.3 is 5.97 Å². The molecule has 0 aromatic heterocycles. The molecule has 0 aliphatic rings. The SMILES string of the molecule is COC(=O)[C@@H](C)S(=O)(=O)O. The normalized spacial score (nSPS) is 14.3. The number of rotatable bonds is 2. The van der Waals surface area contributed by atoms with E-state index in [1.54, 1.807) is 0 Å². The first-order chi connectivity index (χ1) is 4.39. The topological polar surface area (TPSA) is 80.7 Å². The fraction of sp³-hybridized carbons (Fsp3) is 0.750. The van der Waals surface area contributed by atoms with E-state index in [1.165, 1.54) is 0 Å². The smallest absolute Gasteiger partial charge is 0.326 e. The average Bonchev–Trinajstić information content (AvgIpc) is 1.83. The molecule has 1 atom stereocenters. The number of hydrogen-bond acceptors (Lipinski definition) is 4. The minimum atomic E-state index is -4.29. The van der Waals surface area contributed by atoms with Gasteiger partial charge in [0.05, 0.1) is 7.11 Å². The van der Waals surface area contributed by atoms with Gasteiger partial charge in [0, 0.05) is 0 Å². The van der Waals surface area contributed by atoms with E-state index in [-0.39, 0.29) is 0 Å². The van der Waals surface area contributed by atoms with Crippen LogP contribution in [0.2, 0.25) is 0 Å². The fourth-order valence-corrected chi connectivity index (χ4v) is 0.627. The second kappa shape index (κ2) is 2.98. The standard InChI is InChI=1S/C4H8O5S/c1-3(4(5)9-2)10(6,7)8/h3H,1-2H3,(H,6,7,8)/t3-/m1/s1. The van der Waals surface area contributed by atoms with Crippen molar-refractivity contribution in [1.29, 1.82) is 0 Å². The summed E-state index contributed by atoms with van der Waals surface area (Å²) in [7, 11) is -3.24. The Morgan fingerprint density at radius 1 is 1.60 bits per heavy atom. The second-order valence-corrected chi connectivity index (χ2v) is 3.42. The molecule has 0 heterocycles. The molecule has 0 amide bonds. The number of esters is 1. The van der Waals surface area contributed by atoms with Gasteiger partial charge in [0.25, 0.3) is 10.1 Å². The molecule has 0 aromatic carbocycles. The lowest BCUT2D eigenvalue weighted by Gasteiger charge is -2.03. The van der Waals surface area contributed by atoms with Crippen molar-refractivity contribution in [2.45, 2.75) is 12.2 Å². The highest BCUT2D eigenvalue weighted by atomic mass is 32.2. The third-order valence-electron chi connectivity index (χ3n) is 0.980. The molecule has 6 heteroatoms. The summed E-state index contributed by atoms with van der Waals surface area (Å²) in [5.74, 6) is -0.970. The van der Waals surface area contributed by atoms with E-state index < -0.39 is 21.3 Å².